The lowest BCUT2D eigenvalue weighted by atomic mass is 9.97. The predicted molar refractivity (Wildman–Crippen MR) is 95.7 cm³/mol. The van der Waals surface area contributed by atoms with E-state index in [1.165, 1.54) is 18.4 Å². The van der Waals surface area contributed by atoms with Gasteiger partial charge < -0.3 is 10.6 Å². The molecule has 0 fully saturated rings. The van der Waals surface area contributed by atoms with Gasteiger partial charge in [0.15, 0.2) is 9.84 Å². The molecule has 2 amide bonds. The van der Waals surface area contributed by atoms with Crippen LogP contribution in [0.3, 0.4) is 0 Å². The molecular formula is C18H26N2O3S. The van der Waals surface area contributed by atoms with Crippen molar-refractivity contribution in [3.05, 3.63) is 42.0 Å². The molecule has 0 heterocycles. The van der Waals surface area contributed by atoms with Crippen LogP contribution in [0, 0.1) is 0 Å². The number of sulfone groups is 1. The second kappa shape index (κ2) is 9.47. The summed E-state index contributed by atoms with van der Waals surface area (Å²) in [5.41, 5.74) is 1.43. The van der Waals surface area contributed by atoms with Gasteiger partial charge in [-0.1, -0.05) is 29.8 Å². The number of carbonyl (C=O) groups excluding carboxylic acids is 1. The van der Waals surface area contributed by atoms with Crippen LogP contribution >= 0.6 is 0 Å². The molecule has 0 aliphatic heterocycles. The Labute approximate surface area is 144 Å². The van der Waals surface area contributed by atoms with E-state index in [1.807, 2.05) is 0 Å². The van der Waals surface area contributed by atoms with Crippen molar-refractivity contribution in [2.75, 3.05) is 18.8 Å². The molecule has 0 unspecified atom stereocenters. The van der Waals surface area contributed by atoms with Gasteiger partial charge in [-0.25, -0.2) is 13.2 Å². The number of nitrogens with one attached hydrogen (secondary N) is 2. The lowest BCUT2D eigenvalue weighted by Crippen LogP contribution is -2.37. The van der Waals surface area contributed by atoms with Crippen molar-refractivity contribution in [3.63, 3.8) is 0 Å². The number of amides is 2. The van der Waals surface area contributed by atoms with Gasteiger partial charge in [0.2, 0.25) is 0 Å². The average molecular weight is 350 g/mol. The van der Waals surface area contributed by atoms with Gasteiger partial charge in [0.1, 0.15) is 0 Å². The summed E-state index contributed by atoms with van der Waals surface area (Å²) in [6.45, 7) is 0.973. The zero-order valence-electron chi connectivity index (χ0n) is 14.0. The van der Waals surface area contributed by atoms with Crippen molar-refractivity contribution in [1.29, 1.82) is 0 Å². The van der Waals surface area contributed by atoms with Gasteiger partial charge in [0.05, 0.1) is 10.6 Å². The summed E-state index contributed by atoms with van der Waals surface area (Å²) < 4.78 is 24.2. The summed E-state index contributed by atoms with van der Waals surface area (Å²) in [6.07, 6.45) is 8.37. The smallest absolute Gasteiger partial charge is 0.314 e. The first kappa shape index (κ1) is 18.5. The Morgan fingerprint density at radius 1 is 1.04 bits per heavy atom. The number of urea groups is 1. The largest absolute Gasteiger partial charge is 0.338 e. The second-order valence-electron chi connectivity index (χ2n) is 6.03. The van der Waals surface area contributed by atoms with Crippen LogP contribution < -0.4 is 10.6 Å². The van der Waals surface area contributed by atoms with E-state index in [2.05, 4.69) is 16.7 Å². The van der Waals surface area contributed by atoms with E-state index in [1.54, 1.807) is 30.3 Å². The molecule has 0 aromatic heterocycles. The lowest BCUT2D eigenvalue weighted by molar-refractivity contribution is 0.241. The summed E-state index contributed by atoms with van der Waals surface area (Å²) in [6, 6.07) is 8.16. The molecule has 1 aromatic rings. The molecule has 6 heteroatoms. The highest BCUT2D eigenvalue weighted by atomic mass is 32.2. The van der Waals surface area contributed by atoms with E-state index >= 15 is 0 Å². The highest BCUT2D eigenvalue weighted by Gasteiger charge is 2.13. The van der Waals surface area contributed by atoms with Crippen molar-refractivity contribution in [2.45, 2.75) is 43.4 Å². The maximum absolute atomic E-state index is 12.1. The van der Waals surface area contributed by atoms with Crippen LogP contribution in [0.5, 0.6) is 0 Å². The zero-order valence-corrected chi connectivity index (χ0v) is 14.8. The molecule has 132 valence electrons. The zero-order chi connectivity index (χ0) is 17.3. The monoisotopic (exact) mass is 350 g/mol. The van der Waals surface area contributed by atoms with Crippen LogP contribution in [-0.2, 0) is 9.84 Å². The molecule has 5 nitrogen and oxygen atoms in total. The van der Waals surface area contributed by atoms with Gasteiger partial charge in [-0.3, -0.25) is 0 Å². The van der Waals surface area contributed by atoms with Gasteiger partial charge in [0.25, 0.3) is 0 Å². The number of rotatable bonds is 8. The van der Waals surface area contributed by atoms with Gasteiger partial charge >= 0.3 is 6.03 Å². The topological polar surface area (TPSA) is 75.3 Å². The van der Waals surface area contributed by atoms with Crippen LogP contribution in [0.4, 0.5) is 4.79 Å². The van der Waals surface area contributed by atoms with E-state index in [0.29, 0.717) is 24.4 Å². The SMILES string of the molecule is O=C(NCCCS(=O)(=O)c1ccccc1)NCCC1=CCCCC1. The molecule has 1 aromatic carbocycles. The Bertz CT molecular complexity index is 654. The number of allylic oxidation sites excluding steroid dienone is 1. The fourth-order valence-electron chi connectivity index (χ4n) is 2.74. The van der Waals surface area contributed by atoms with Crippen LogP contribution in [0.2, 0.25) is 0 Å². The first-order valence-electron chi connectivity index (χ1n) is 8.55. The first-order chi connectivity index (χ1) is 11.6. The van der Waals surface area contributed by atoms with Gasteiger partial charge in [-0.15, -0.1) is 0 Å². The minimum absolute atomic E-state index is 0.0319. The third kappa shape index (κ3) is 6.35. The molecule has 1 aliphatic rings. The molecule has 2 N–H and O–H groups in total. The number of carbonyl (C=O) groups is 1. The first-order valence-corrected chi connectivity index (χ1v) is 10.2. The van der Waals surface area contributed by atoms with E-state index < -0.39 is 9.84 Å². The van der Waals surface area contributed by atoms with Gasteiger partial charge in [-0.05, 0) is 50.7 Å². The summed E-state index contributed by atoms with van der Waals surface area (Å²) >= 11 is 0. The molecule has 0 saturated carbocycles. The van der Waals surface area contributed by atoms with Crippen LogP contribution in [0.25, 0.3) is 0 Å². The molecule has 24 heavy (non-hydrogen) atoms. The number of hydrogen-bond donors (Lipinski definition) is 2. The summed E-state index contributed by atoms with van der Waals surface area (Å²) in [7, 11) is -3.27. The Kier molecular flexibility index (Phi) is 7.31. The summed E-state index contributed by atoms with van der Waals surface area (Å²) in [5.74, 6) is 0.0319. The predicted octanol–water partition coefficient (Wildman–Crippen LogP) is 3.04. The quantitative estimate of drug-likeness (QED) is 0.559. The van der Waals surface area contributed by atoms with Crippen molar-refractivity contribution in [3.8, 4) is 0 Å². The van der Waals surface area contributed by atoms with Gasteiger partial charge in [0, 0.05) is 13.1 Å². The highest BCUT2D eigenvalue weighted by Crippen LogP contribution is 2.19. The van der Waals surface area contributed by atoms with Crippen molar-refractivity contribution in [2.24, 2.45) is 0 Å². The summed E-state index contributed by atoms with van der Waals surface area (Å²) in [5, 5.41) is 5.53. The minimum Gasteiger partial charge on any atom is -0.338 e. The Morgan fingerprint density at radius 2 is 1.79 bits per heavy atom. The van der Waals surface area contributed by atoms with Crippen LogP contribution in [-0.4, -0.2) is 33.3 Å². The molecule has 0 spiro atoms. The number of benzene rings is 1. The minimum atomic E-state index is -3.27. The molecule has 2 rings (SSSR count). The number of hydrogen-bond acceptors (Lipinski definition) is 3. The third-order valence-corrected chi connectivity index (χ3v) is 5.91. The normalized spacial score (nSPS) is 14.8. The Morgan fingerprint density at radius 3 is 2.50 bits per heavy atom. The highest BCUT2D eigenvalue weighted by molar-refractivity contribution is 7.91. The lowest BCUT2D eigenvalue weighted by Gasteiger charge is -2.13. The standard InChI is InChI=1S/C18H26N2O3S/c21-18(20-14-12-16-8-3-1-4-9-16)19-13-7-15-24(22,23)17-10-5-2-6-11-17/h2,5-6,8,10-11H,1,3-4,7,9,12-15H2,(H2,19,20,21). The second-order valence-corrected chi connectivity index (χ2v) is 8.14. The maximum atomic E-state index is 12.1. The molecule has 0 atom stereocenters. The fourth-order valence-corrected chi connectivity index (χ4v) is 4.07. The molecule has 0 saturated heterocycles. The molecule has 0 radical (unpaired) electrons. The van der Waals surface area contributed by atoms with E-state index in [4.69, 9.17) is 0 Å². The van der Waals surface area contributed by atoms with Crippen molar-refractivity contribution < 1.29 is 13.2 Å². The van der Waals surface area contributed by atoms with Crippen molar-refractivity contribution >= 4 is 15.9 Å². The van der Waals surface area contributed by atoms with Crippen LogP contribution in [0.15, 0.2) is 46.9 Å². The van der Waals surface area contributed by atoms with Crippen LogP contribution in [0.1, 0.15) is 38.5 Å². The summed E-state index contributed by atoms with van der Waals surface area (Å²) in [4.78, 5) is 12.0. The maximum Gasteiger partial charge on any atom is 0.314 e. The molecule has 1 aliphatic carbocycles. The van der Waals surface area contributed by atoms with Crippen molar-refractivity contribution in [1.82, 2.24) is 10.6 Å². The fraction of sp³-hybridized carbons (Fsp3) is 0.500. The van der Waals surface area contributed by atoms with E-state index in [0.717, 1.165) is 19.3 Å². The molecular weight excluding hydrogens is 324 g/mol. The third-order valence-electron chi connectivity index (χ3n) is 4.09. The molecule has 0 bridgehead atoms. The Balaban J connectivity index is 1.60. The average Bonchev–Trinajstić information content (AvgIpc) is 2.60. The Hall–Kier alpha value is -1.82. The van der Waals surface area contributed by atoms with Gasteiger partial charge in [-0.2, -0.15) is 0 Å². The van der Waals surface area contributed by atoms with E-state index in [9.17, 15) is 13.2 Å². The van der Waals surface area contributed by atoms with E-state index in [-0.39, 0.29) is 11.8 Å².